The van der Waals surface area contributed by atoms with Gasteiger partial charge >= 0.3 is 0 Å². The maximum absolute atomic E-state index is 12.3. The molecule has 0 aliphatic carbocycles. The third kappa shape index (κ3) is 2.54. The van der Waals surface area contributed by atoms with Gasteiger partial charge in [0.25, 0.3) is 5.91 Å². The van der Waals surface area contributed by atoms with Crippen LogP contribution in [0.2, 0.25) is 0 Å². The minimum Gasteiger partial charge on any atom is -0.365 e. The van der Waals surface area contributed by atoms with Gasteiger partial charge in [0, 0.05) is 18.8 Å². The number of nitrogens with zero attached hydrogens (tertiary/aromatic N) is 1. The fourth-order valence-corrected chi connectivity index (χ4v) is 2.12. The van der Waals surface area contributed by atoms with Crippen LogP contribution < -0.4 is 10.2 Å². The van der Waals surface area contributed by atoms with Gasteiger partial charge in [-0.25, -0.2) is 0 Å². The predicted octanol–water partition coefficient (Wildman–Crippen LogP) is 1.25. The number of ether oxygens (including phenoxy) is 1. The third-order valence-electron chi connectivity index (χ3n) is 3.37. The standard InChI is InChI=1S/C14H20N2O2/c1-10-4-5-12(8-11(10)2)16-6-7-18-13(9-15-3)14(16)17/h4-5,8,13,15H,6-7,9H2,1-3H3. The Morgan fingerprint density at radius 1 is 1.39 bits per heavy atom. The van der Waals surface area contributed by atoms with Gasteiger partial charge in [-0.3, -0.25) is 4.79 Å². The maximum Gasteiger partial charge on any atom is 0.257 e. The number of anilines is 1. The molecular weight excluding hydrogens is 228 g/mol. The SMILES string of the molecule is CNCC1OCCN(c2ccc(C)c(C)c2)C1=O. The molecule has 0 saturated carbocycles. The summed E-state index contributed by atoms with van der Waals surface area (Å²) in [7, 11) is 1.83. The summed E-state index contributed by atoms with van der Waals surface area (Å²) in [5.74, 6) is 0.0406. The quantitative estimate of drug-likeness (QED) is 0.875. The summed E-state index contributed by atoms with van der Waals surface area (Å²) in [6.07, 6.45) is -0.370. The first-order valence-electron chi connectivity index (χ1n) is 6.28. The van der Waals surface area contributed by atoms with Crippen LogP contribution in [-0.2, 0) is 9.53 Å². The molecule has 4 heteroatoms. The molecule has 1 aliphatic heterocycles. The molecule has 1 saturated heterocycles. The second-order valence-corrected chi connectivity index (χ2v) is 4.68. The summed E-state index contributed by atoms with van der Waals surface area (Å²) in [6, 6.07) is 6.12. The Balaban J connectivity index is 2.21. The van der Waals surface area contributed by atoms with Gasteiger partial charge in [-0.15, -0.1) is 0 Å². The van der Waals surface area contributed by atoms with Crippen LogP contribution in [0.3, 0.4) is 0 Å². The highest BCUT2D eigenvalue weighted by molar-refractivity contribution is 5.97. The van der Waals surface area contributed by atoms with Gasteiger partial charge in [0.15, 0.2) is 0 Å². The zero-order chi connectivity index (χ0) is 13.1. The average Bonchev–Trinajstić information content (AvgIpc) is 2.36. The Labute approximate surface area is 108 Å². The van der Waals surface area contributed by atoms with Crippen LogP contribution in [0.15, 0.2) is 18.2 Å². The van der Waals surface area contributed by atoms with Crippen molar-refractivity contribution >= 4 is 11.6 Å². The van der Waals surface area contributed by atoms with Gasteiger partial charge in [-0.1, -0.05) is 6.07 Å². The summed E-state index contributed by atoms with van der Waals surface area (Å²) in [6.45, 7) is 5.91. The molecule has 4 nitrogen and oxygen atoms in total. The van der Waals surface area contributed by atoms with E-state index in [2.05, 4.69) is 31.3 Å². The van der Waals surface area contributed by atoms with E-state index in [-0.39, 0.29) is 12.0 Å². The zero-order valence-electron chi connectivity index (χ0n) is 11.2. The molecule has 1 unspecified atom stereocenters. The fourth-order valence-electron chi connectivity index (χ4n) is 2.12. The van der Waals surface area contributed by atoms with Crippen LogP contribution in [0.1, 0.15) is 11.1 Å². The van der Waals surface area contributed by atoms with Crippen molar-refractivity contribution in [2.24, 2.45) is 0 Å². The van der Waals surface area contributed by atoms with Crippen LogP contribution in [-0.4, -0.2) is 38.8 Å². The van der Waals surface area contributed by atoms with Gasteiger partial charge in [0.1, 0.15) is 6.10 Å². The molecule has 1 aromatic rings. The first-order valence-corrected chi connectivity index (χ1v) is 6.28. The number of amides is 1. The smallest absolute Gasteiger partial charge is 0.257 e. The Bertz CT molecular complexity index is 443. The number of hydrogen-bond acceptors (Lipinski definition) is 3. The minimum absolute atomic E-state index is 0.0406. The number of hydrogen-bond donors (Lipinski definition) is 1. The minimum atomic E-state index is -0.370. The molecular formula is C14H20N2O2. The lowest BCUT2D eigenvalue weighted by molar-refractivity contribution is -0.133. The molecule has 1 N–H and O–H groups in total. The van der Waals surface area contributed by atoms with Gasteiger partial charge in [-0.2, -0.15) is 0 Å². The molecule has 0 radical (unpaired) electrons. The van der Waals surface area contributed by atoms with E-state index >= 15 is 0 Å². The summed E-state index contributed by atoms with van der Waals surface area (Å²) >= 11 is 0. The van der Waals surface area contributed by atoms with Crippen molar-refractivity contribution in [3.8, 4) is 0 Å². The number of benzene rings is 1. The lowest BCUT2D eigenvalue weighted by atomic mass is 10.1. The molecule has 1 fully saturated rings. The van der Waals surface area contributed by atoms with Gasteiger partial charge in [0.2, 0.25) is 0 Å². The van der Waals surface area contributed by atoms with Crippen LogP contribution in [0.5, 0.6) is 0 Å². The van der Waals surface area contributed by atoms with E-state index in [1.165, 1.54) is 11.1 Å². The molecule has 18 heavy (non-hydrogen) atoms. The molecule has 1 amide bonds. The van der Waals surface area contributed by atoms with Crippen molar-refractivity contribution < 1.29 is 9.53 Å². The number of morpholine rings is 1. The Morgan fingerprint density at radius 2 is 2.17 bits per heavy atom. The fraction of sp³-hybridized carbons (Fsp3) is 0.500. The van der Waals surface area contributed by atoms with Crippen LogP contribution in [0.4, 0.5) is 5.69 Å². The molecule has 0 aromatic heterocycles. The predicted molar refractivity (Wildman–Crippen MR) is 71.9 cm³/mol. The first kappa shape index (κ1) is 13.1. The van der Waals surface area contributed by atoms with E-state index in [1.807, 2.05) is 18.0 Å². The summed E-state index contributed by atoms with van der Waals surface area (Å²) in [5.41, 5.74) is 3.41. The second kappa shape index (κ2) is 5.50. The number of carbonyl (C=O) groups is 1. The number of aryl methyl sites for hydroxylation is 2. The maximum atomic E-state index is 12.3. The van der Waals surface area contributed by atoms with Crippen LogP contribution in [0, 0.1) is 13.8 Å². The van der Waals surface area contributed by atoms with Crippen molar-refractivity contribution in [3.63, 3.8) is 0 Å². The zero-order valence-corrected chi connectivity index (χ0v) is 11.2. The number of nitrogens with one attached hydrogen (secondary N) is 1. The van der Waals surface area contributed by atoms with E-state index in [0.717, 1.165) is 5.69 Å². The normalized spacial score (nSPS) is 20.3. The molecule has 98 valence electrons. The second-order valence-electron chi connectivity index (χ2n) is 4.68. The monoisotopic (exact) mass is 248 g/mol. The number of likely N-dealkylation sites (N-methyl/N-ethyl adjacent to an activating group) is 1. The van der Waals surface area contributed by atoms with Crippen LogP contribution >= 0.6 is 0 Å². The lowest BCUT2D eigenvalue weighted by Gasteiger charge is -2.32. The third-order valence-corrected chi connectivity index (χ3v) is 3.37. The molecule has 2 rings (SSSR count). The summed E-state index contributed by atoms with van der Waals surface area (Å²) in [4.78, 5) is 14.1. The van der Waals surface area contributed by atoms with E-state index in [9.17, 15) is 4.79 Å². The van der Waals surface area contributed by atoms with Gasteiger partial charge in [0.05, 0.1) is 6.61 Å². The van der Waals surface area contributed by atoms with E-state index in [1.54, 1.807) is 0 Å². The largest absolute Gasteiger partial charge is 0.365 e. The molecule has 1 heterocycles. The highest BCUT2D eigenvalue weighted by Crippen LogP contribution is 2.21. The Kier molecular flexibility index (Phi) is 3.99. The molecule has 1 atom stereocenters. The van der Waals surface area contributed by atoms with Crippen LogP contribution in [0.25, 0.3) is 0 Å². The van der Waals surface area contributed by atoms with Gasteiger partial charge < -0.3 is 15.0 Å². The molecule has 0 bridgehead atoms. The molecule has 0 spiro atoms. The van der Waals surface area contributed by atoms with Crippen molar-refractivity contribution in [2.45, 2.75) is 20.0 Å². The van der Waals surface area contributed by atoms with Crippen molar-refractivity contribution in [1.29, 1.82) is 0 Å². The lowest BCUT2D eigenvalue weighted by Crippen LogP contribution is -2.51. The van der Waals surface area contributed by atoms with E-state index in [0.29, 0.717) is 19.7 Å². The Morgan fingerprint density at radius 3 is 2.83 bits per heavy atom. The highest BCUT2D eigenvalue weighted by Gasteiger charge is 2.29. The number of rotatable bonds is 3. The van der Waals surface area contributed by atoms with E-state index < -0.39 is 0 Å². The molecule has 1 aliphatic rings. The first-order chi connectivity index (χ1) is 8.63. The Hall–Kier alpha value is -1.39. The summed E-state index contributed by atoms with van der Waals surface area (Å²) < 4.78 is 5.48. The van der Waals surface area contributed by atoms with Crippen molar-refractivity contribution in [1.82, 2.24) is 5.32 Å². The van der Waals surface area contributed by atoms with Crippen molar-refractivity contribution in [2.75, 3.05) is 31.6 Å². The topological polar surface area (TPSA) is 41.6 Å². The summed E-state index contributed by atoms with van der Waals surface area (Å²) in [5, 5.41) is 2.99. The van der Waals surface area contributed by atoms with Gasteiger partial charge in [-0.05, 0) is 44.2 Å². The number of carbonyl (C=O) groups excluding carboxylic acids is 1. The molecule has 1 aromatic carbocycles. The average molecular weight is 248 g/mol. The highest BCUT2D eigenvalue weighted by atomic mass is 16.5. The van der Waals surface area contributed by atoms with E-state index in [4.69, 9.17) is 4.74 Å². The van der Waals surface area contributed by atoms with Crippen molar-refractivity contribution in [3.05, 3.63) is 29.3 Å².